The number of halogens is 1. The van der Waals surface area contributed by atoms with Gasteiger partial charge in [-0.1, -0.05) is 25.4 Å². The molecule has 124 valence electrons. The molecule has 0 amide bonds. The van der Waals surface area contributed by atoms with Crippen LogP contribution in [0.1, 0.15) is 43.7 Å². The number of aryl methyl sites for hydroxylation is 1. The van der Waals surface area contributed by atoms with Crippen molar-refractivity contribution in [3.8, 4) is 5.75 Å². The topological polar surface area (TPSA) is 24.5 Å². The van der Waals surface area contributed by atoms with Crippen LogP contribution in [-0.4, -0.2) is 44.7 Å². The molecule has 1 heterocycles. The molecule has 1 aliphatic rings. The molecule has 0 radical (unpaired) electrons. The molecule has 0 aromatic heterocycles. The molecule has 0 saturated carbocycles. The summed E-state index contributed by atoms with van der Waals surface area (Å²) in [6, 6.07) is 4.10. The zero-order valence-electron chi connectivity index (χ0n) is 14.1. The maximum atomic E-state index is 6.30. The van der Waals surface area contributed by atoms with Crippen LogP contribution >= 0.6 is 11.6 Å². The van der Waals surface area contributed by atoms with E-state index in [4.69, 9.17) is 16.3 Å². The Labute approximate surface area is 140 Å². The van der Waals surface area contributed by atoms with Gasteiger partial charge in [0.05, 0.1) is 7.11 Å². The number of rotatable bonds is 6. The monoisotopic (exact) mass is 324 g/mol. The minimum Gasteiger partial charge on any atom is -0.496 e. The smallest absolute Gasteiger partial charge is 0.125 e. The fourth-order valence-electron chi connectivity index (χ4n) is 3.16. The van der Waals surface area contributed by atoms with Crippen molar-refractivity contribution in [2.24, 2.45) is 0 Å². The number of ether oxygens (including phenoxy) is 1. The van der Waals surface area contributed by atoms with Gasteiger partial charge in [-0.15, -0.1) is 0 Å². The molecule has 1 saturated heterocycles. The van der Waals surface area contributed by atoms with E-state index in [0.717, 1.165) is 49.8 Å². The van der Waals surface area contributed by atoms with Gasteiger partial charge in [0, 0.05) is 18.1 Å². The molecule has 0 spiro atoms. The predicted octanol–water partition coefficient (Wildman–Crippen LogP) is 3.70. The van der Waals surface area contributed by atoms with Crippen molar-refractivity contribution in [2.45, 2.75) is 39.0 Å². The Morgan fingerprint density at radius 3 is 2.82 bits per heavy atom. The second-order valence-electron chi connectivity index (χ2n) is 6.39. The van der Waals surface area contributed by atoms with Gasteiger partial charge in [0.15, 0.2) is 0 Å². The van der Waals surface area contributed by atoms with E-state index in [1.165, 1.54) is 24.1 Å². The van der Waals surface area contributed by atoms with Gasteiger partial charge in [0.2, 0.25) is 0 Å². The van der Waals surface area contributed by atoms with Crippen molar-refractivity contribution in [1.29, 1.82) is 0 Å². The number of nitrogens with zero attached hydrogens (tertiary/aromatic N) is 1. The highest BCUT2D eigenvalue weighted by Crippen LogP contribution is 2.34. The molecule has 22 heavy (non-hydrogen) atoms. The van der Waals surface area contributed by atoms with Crippen LogP contribution in [0.2, 0.25) is 5.02 Å². The highest BCUT2D eigenvalue weighted by atomic mass is 35.5. The van der Waals surface area contributed by atoms with Gasteiger partial charge < -0.3 is 15.0 Å². The summed E-state index contributed by atoms with van der Waals surface area (Å²) in [7, 11) is 1.76. The second kappa shape index (κ2) is 8.76. The zero-order valence-corrected chi connectivity index (χ0v) is 14.9. The van der Waals surface area contributed by atoms with Crippen molar-refractivity contribution in [1.82, 2.24) is 10.2 Å². The number of methoxy groups -OCH3 is 1. The van der Waals surface area contributed by atoms with Crippen molar-refractivity contribution >= 4 is 11.6 Å². The van der Waals surface area contributed by atoms with Crippen LogP contribution in [-0.2, 0) is 6.42 Å². The van der Waals surface area contributed by atoms with Gasteiger partial charge in [-0.05, 0) is 68.1 Å². The lowest BCUT2D eigenvalue weighted by Crippen LogP contribution is -2.29. The molecule has 0 aliphatic carbocycles. The molecule has 3 nitrogen and oxygen atoms in total. The first-order valence-corrected chi connectivity index (χ1v) is 8.79. The van der Waals surface area contributed by atoms with E-state index in [1.54, 1.807) is 7.11 Å². The van der Waals surface area contributed by atoms with Crippen LogP contribution in [0.15, 0.2) is 12.1 Å². The molecule has 0 bridgehead atoms. The number of hydrogen-bond donors (Lipinski definition) is 1. The fraction of sp³-hybridized carbons (Fsp3) is 0.667. The Morgan fingerprint density at radius 2 is 2.09 bits per heavy atom. The van der Waals surface area contributed by atoms with E-state index in [-0.39, 0.29) is 0 Å². The average molecular weight is 325 g/mol. The number of hydrogen-bond acceptors (Lipinski definition) is 3. The minimum absolute atomic E-state index is 0.420. The second-order valence-corrected chi connectivity index (χ2v) is 6.83. The van der Waals surface area contributed by atoms with Crippen molar-refractivity contribution in [2.75, 3.05) is 39.8 Å². The molecule has 4 heteroatoms. The van der Waals surface area contributed by atoms with Crippen LogP contribution in [0, 0.1) is 0 Å². The molecule has 2 rings (SSSR count). The first-order chi connectivity index (χ1) is 10.6. The van der Waals surface area contributed by atoms with Crippen LogP contribution in [0.25, 0.3) is 0 Å². The normalized spacial score (nSPS) is 16.8. The first kappa shape index (κ1) is 17.6. The van der Waals surface area contributed by atoms with Gasteiger partial charge in [-0.25, -0.2) is 0 Å². The molecule has 0 atom stereocenters. The average Bonchev–Trinajstić information content (AvgIpc) is 2.75. The lowest BCUT2D eigenvalue weighted by molar-refractivity contribution is 0.288. The Bertz CT molecular complexity index is 468. The third-order valence-corrected chi connectivity index (χ3v) is 4.56. The molecule has 1 aliphatic heterocycles. The summed E-state index contributed by atoms with van der Waals surface area (Å²) < 4.78 is 5.67. The molecule has 1 N–H and O–H groups in total. The summed E-state index contributed by atoms with van der Waals surface area (Å²) in [5, 5.41) is 4.27. The van der Waals surface area contributed by atoms with E-state index in [2.05, 4.69) is 30.1 Å². The van der Waals surface area contributed by atoms with Gasteiger partial charge in [-0.2, -0.15) is 0 Å². The van der Waals surface area contributed by atoms with Crippen molar-refractivity contribution in [3.63, 3.8) is 0 Å². The Kier molecular flexibility index (Phi) is 7.00. The van der Waals surface area contributed by atoms with E-state index >= 15 is 0 Å². The van der Waals surface area contributed by atoms with Crippen LogP contribution in [0.5, 0.6) is 5.75 Å². The van der Waals surface area contributed by atoms with E-state index in [1.807, 2.05) is 6.07 Å². The summed E-state index contributed by atoms with van der Waals surface area (Å²) in [6.07, 6.45) is 3.42. The van der Waals surface area contributed by atoms with Crippen LogP contribution < -0.4 is 10.1 Å². The van der Waals surface area contributed by atoms with Gasteiger partial charge in [-0.3, -0.25) is 0 Å². The SMILES string of the molecule is COc1c(CCCN2CCCNCC2)cc(Cl)cc1C(C)C. The Balaban J connectivity index is 1.99. The Hall–Kier alpha value is -0.770. The first-order valence-electron chi connectivity index (χ1n) is 8.41. The summed E-state index contributed by atoms with van der Waals surface area (Å²) in [5.41, 5.74) is 2.45. The lowest BCUT2D eigenvalue weighted by atomic mass is 9.97. The summed E-state index contributed by atoms with van der Waals surface area (Å²) in [5.74, 6) is 1.45. The molecule has 1 aromatic carbocycles. The molecule has 1 fully saturated rings. The van der Waals surface area contributed by atoms with Gasteiger partial charge >= 0.3 is 0 Å². The van der Waals surface area contributed by atoms with Crippen molar-refractivity contribution in [3.05, 3.63) is 28.3 Å². The van der Waals surface area contributed by atoms with Crippen LogP contribution in [0.3, 0.4) is 0 Å². The highest BCUT2D eigenvalue weighted by Gasteiger charge is 2.14. The van der Waals surface area contributed by atoms with E-state index < -0.39 is 0 Å². The van der Waals surface area contributed by atoms with Gasteiger partial charge in [0.1, 0.15) is 5.75 Å². The highest BCUT2D eigenvalue weighted by molar-refractivity contribution is 6.30. The van der Waals surface area contributed by atoms with Crippen molar-refractivity contribution < 1.29 is 4.74 Å². The van der Waals surface area contributed by atoms with E-state index in [0.29, 0.717) is 5.92 Å². The van der Waals surface area contributed by atoms with Crippen LogP contribution in [0.4, 0.5) is 0 Å². The number of benzene rings is 1. The molecular formula is C18H29ClN2O. The largest absolute Gasteiger partial charge is 0.496 e. The molecule has 0 unspecified atom stereocenters. The number of nitrogens with one attached hydrogen (secondary N) is 1. The quantitative estimate of drug-likeness (QED) is 0.863. The summed E-state index contributed by atoms with van der Waals surface area (Å²) >= 11 is 6.30. The summed E-state index contributed by atoms with van der Waals surface area (Å²) in [6.45, 7) is 10.1. The maximum Gasteiger partial charge on any atom is 0.125 e. The summed E-state index contributed by atoms with van der Waals surface area (Å²) in [4.78, 5) is 2.56. The lowest BCUT2D eigenvalue weighted by Gasteiger charge is -2.20. The molecular weight excluding hydrogens is 296 g/mol. The standard InChI is InChI=1S/C18H29ClN2O/c1-14(2)17-13-16(19)12-15(18(17)22-3)6-4-9-21-10-5-7-20-8-11-21/h12-14,20H,4-11H2,1-3H3. The maximum absolute atomic E-state index is 6.30. The Morgan fingerprint density at radius 1 is 1.27 bits per heavy atom. The fourth-order valence-corrected chi connectivity index (χ4v) is 3.40. The molecule has 1 aromatic rings. The third-order valence-electron chi connectivity index (χ3n) is 4.34. The zero-order chi connectivity index (χ0) is 15.9. The van der Waals surface area contributed by atoms with Gasteiger partial charge in [0.25, 0.3) is 0 Å². The predicted molar refractivity (Wildman–Crippen MR) is 94.3 cm³/mol. The third kappa shape index (κ3) is 4.87. The minimum atomic E-state index is 0.420. The van der Waals surface area contributed by atoms with E-state index in [9.17, 15) is 0 Å².